The first-order chi connectivity index (χ1) is 11.8. The van der Waals surface area contributed by atoms with E-state index in [1.54, 1.807) is 15.6 Å². The van der Waals surface area contributed by atoms with Crippen molar-refractivity contribution in [3.63, 3.8) is 0 Å². The molecule has 1 amide bonds. The highest BCUT2D eigenvalue weighted by Gasteiger charge is 2.48. The van der Waals surface area contributed by atoms with Gasteiger partial charge in [0.15, 0.2) is 5.69 Å². The van der Waals surface area contributed by atoms with Crippen LogP contribution in [-0.2, 0) is 4.79 Å². The number of carboxylic acid groups (broad SMARTS) is 1. The van der Waals surface area contributed by atoms with Crippen molar-refractivity contribution in [3.8, 4) is 5.69 Å². The van der Waals surface area contributed by atoms with Crippen LogP contribution in [0.3, 0.4) is 0 Å². The van der Waals surface area contributed by atoms with Crippen LogP contribution < -0.4 is 0 Å². The molecule has 1 aromatic heterocycles. The Hall–Kier alpha value is -2.63. The second-order valence-corrected chi connectivity index (χ2v) is 7.01. The van der Waals surface area contributed by atoms with Crippen LogP contribution in [0, 0.1) is 18.3 Å². The van der Waals surface area contributed by atoms with E-state index in [4.69, 9.17) is 0 Å². The summed E-state index contributed by atoms with van der Waals surface area (Å²) >= 11 is 0. The molecule has 1 saturated heterocycles. The zero-order chi connectivity index (χ0) is 18.2. The van der Waals surface area contributed by atoms with E-state index in [1.807, 2.05) is 51.1 Å². The SMILES string of the molecule is Cc1cc(C(=O)N2CCC(C(=O)O)(C(C)C)C2)nn1-c1ccccc1. The average Bonchev–Trinajstić information content (AvgIpc) is 3.20. The van der Waals surface area contributed by atoms with E-state index in [9.17, 15) is 14.7 Å². The lowest BCUT2D eigenvalue weighted by molar-refractivity contribution is -0.150. The number of rotatable bonds is 4. The van der Waals surface area contributed by atoms with E-state index in [-0.39, 0.29) is 18.4 Å². The van der Waals surface area contributed by atoms with Crippen molar-refractivity contribution in [1.29, 1.82) is 0 Å². The molecule has 0 radical (unpaired) electrons. The van der Waals surface area contributed by atoms with Gasteiger partial charge in [0.05, 0.1) is 11.1 Å². The molecule has 1 aliphatic heterocycles. The van der Waals surface area contributed by atoms with Gasteiger partial charge < -0.3 is 10.0 Å². The van der Waals surface area contributed by atoms with Crippen LogP contribution in [0.25, 0.3) is 5.69 Å². The van der Waals surface area contributed by atoms with Crippen molar-refractivity contribution in [2.75, 3.05) is 13.1 Å². The number of aryl methyl sites for hydroxylation is 1. The minimum absolute atomic E-state index is 0.0357. The number of carboxylic acids is 1. The molecule has 2 aromatic rings. The summed E-state index contributed by atoms with van der Waals surface area (Å²) in [5.74, 6) is -1.07. The van der Waals surface area contributed by atoms with Gasteiger partial charge in [-0.25, -0.2) is 4.68 Å². The molecule has 1 unspecified atom stereocenters. The summed E-state index contributed by atoms with van der Waals surface area (Å²) in [6.45, 7) is 6.37. The molecule has 0 aliphatic carbocycles. The zero-order valence-corrected chi connectivity index (χ0v) is 14.8. The molecule has 6 nitrogen and oxygen atoms in total. The van der Waals surface area contributed by atoms with Gasteiger partial charge in [-0.15, -0.1) is 0 Å². The molecule has 0 bridgehead atoms. The maximum absolute atomic E-state index is 12.8. The molecule has 1 N–H and O–H groups in total. The molecule has 1 aliphatic rings. The van der Waals surface area contributed by atoms with Crippen molar-refractivity contribution < 1.29 is 14.7 Å². The average molecular weight is 341 g/mol. The fourth-order valence-electron chi connectivity index (χ4n) is 3.47. The number of aliphatic carboxylic acids is 1. The number of likely N-dealkylation sites (tertiary alicyclic amines) is 1. The molecule has 0 saturated carbocycles. The van der Waals surface area contributed by atoms with Crippen LogP contribution >= 0.6 is 0 Å². The summed E-state index contributed by atoms with van der Waals surface area (Å²) in [6.07, 6.45) is 0.476. The van der Waals surface area contributed by atoms with Gasteiger partial charge in [-0.05, 0) is 37.5 Å². The molecule has 25 heavy (non-hydrogen) atoms. The number of amides is 1. The molecule has 1 atom stereocenters. The lowest BCUT2D eigenvalue weighted by atomic mass is 9.76. The van der Waals surface area contributed by atoms with Crippen LogP contribution in [-0.4, -0.2) is 44.8 Å². The Balaban J connectivity index is 1.85. The predicted octanol–water partition coefficient (Wildman–Crippen LogP) is 2.75. The summed E-state index contributed by atoms with van der Waals surface area (Å²) < 4.78 is 1.73. The highest BCUT2D eigenvalue weighted by atomic mass is 16.4. The zero-order valence-electron chi connectivity index (χ0n) is 14.8. The van der Waals surface area contributed by atoms with Crippen LogP contribution in [0.1, 0.15) is 36.5 Å². The van der Waals surface area contributed by atoms with E-state index in [1.165, 1.54) is 0 Å². The highest BCUT2D eigenvalue weighted by molar-refractivity contribution is 5.93. The maximum Gasteiger partial charge on any atom is 0.311 e. The van der Waals surface area contributed by atoms with Crippen molar-refractivity contribution in [2.45, 2.75) is 27.2 Å². The number of para-hydroxylation sites is 1. The quantitative estimate of drug-likeness (QED) is 0.928. The number of hydrogen-bond donors (Lipinski definition) is 1. The largest absolute Gasteiger partial charge is 0.481 e. The Morgan fingerprint density at radius 1 is 1.24 bits per heavy atom. The predicted molar refractivity (Wildman–Crippen MR) is 93.7 cm³/mol. The van der Waals surface area contributed by atoms with Gasteiger partial charge in [-0.2, -0.15) is 5.10 Å². The Morgan fingerprint density at radius 3 is 2.48 bits per heavy atom. The van der Waals surface area contributed by atoms with Crippen LogP contribution in [0.15, 0.2) is 36.4 Å². The maximum atomic E-state index is 12.8. The van der Waals surface area contributed by atoms with Gasteiger partial charge in [0.25, 0.3) is 5.91 Å². The number of hydrogen-bond acceptors (Lipinski definition) is 3. The minimum Gasteiger partial charge on any atom is -0.481 e. The Kier molecular flexibility index (Phi) is 4.37. The number of aromatic nitrogens is 2. The molecule has 6 heteroatoms. The second-order valence-electron chi connectivity index (χ2n) is 7.01. The monoisotopic (exact) mass is 341 g/mol. The smallest absolute Gasteiger partial charge is 0.311 e. The van der Waals surface area contributed by atoms with Gasteiger partial charge >= 0.3 is 5.97 Å². The van der Waals surface area contributed by atoms with Crippen LogP contribution in [0.4, 0.5) is 0 Å². The summed E-state index contributed by atoms with van der Waals surface area (Å²) in [6, 6.07) is 11.4. The second kappa shape index (κ2) is 6.35. The summed E-state index contributed by atoms with van der Waals surface area (Å²) in [5, 5.41) is 14.1. The first-order valence-corrected chi connectivity index (χ1v) is 8.50. The fraction of sp³-hybridized carbons (Fsp3) is 0.421. The summed E-state index contributed by atoms with van der Waals surface area (Å²) in [7, 11) is 0. The minimum atomic E-state index is -0.868. The normalized spacial score (nSPS) is 20.2. The van der Waals surface area contributed by atoms with Crippen LogP contribution in [0.2, 0.25) is 0 Å². The molecule has 2 heterocycles. The van der Waals surface area contributed by atoms with E-state index in [2.05, 4.69) is 5.10 Å². The lowest BCUT2D eigenvalue weighted by Gasteiger charge is -2.28. The van der Waals surface area contributed by atoms with E-state index in [0.29, 0.717) is 18.7 Å². The lowest BCUT2D eigenvalue weighted by Crippen LogP contribution is -2.40. The van der Waals surface area contributed by atoms with Crippen molar-refractivity contribution in [1.82, 2.24) is 14.7 Å². The molecular formula is C19H23N3O3. The van der Waals surface area contributed by atoms with Gasteiger partial charge in [-0.3, -0.25) is 9.59 Å². The van der Waals surface area contributed by atoms with E-state index < -0.39 is 11.4 Å². The first-order valence-electron chi connectivity index (χ1n) is 8.50. The summed E-state index contributed by atoms with van der Waals surface area (Å²) in [5.41, 5.74) is 1.24. The van der Waals surface area contributed by atoms with E-state index >= 15 is 0 Å². The molecule has 1 aromatic carbocycles. The van der Waals surface area contributed by atoms with Gasteiger partial charge in [0.2, 0.25) is 0 Å². The number of carbonyl (C=O) groups excluding carboxylic acids is 1. The van der Waals surface area contributed by atoms with E-state index in [0.717, 1.165) is 11.4 Å². The third-order valence-corrected chi connectivity index (χ3v) is 5.23. The molecule has 1 fully saturated rings. The third-order valence-electron chi connectivity index (χ3n) is 5.23. The number of carbonyl (C=O) groups is 2. The van der Waals surface area contributed by atoms with Gasteiger partial charge in [-0.1, -0.05) is 32.0 Å². The van der Waals surface area contributed by atoms with Crippen molar-refractivity contribution >= 4 is 11.9 Å². The number of benzene rings is 1. The molecule has 3 rings (SSSR count). The van der Waals surface area contributed by atoms with Crippen molar-refractivity contribution in [3.05, 3.63) is 47.8 Å². The Bertz CT molecular complexity index is 798. The van der Waals surface area contributed by atoms with Crippen LogP contribution in [0.5, 0.6) is 0 Å². The Morgan fingerprint density at radius 2 is 1.92 bits per heavy atom. The van der Waals surface area contributed by atoms with Crippen molar-refractivity contribution in [2.24, 2.45) is 11.3 Å². The highest BCUT2D eigenvalue weighted by Crippen LogP contribution is 2.38. The number of nitrogens with zero attached hydrogens (tertiary/aromatic N) is 3. The first kappa shape index (κ1) is 17.2. The molecule has 0 spiro atoms. The van der Waals surface area contributed by atoms with Gasteiger partial charge in [0.1, 0.15) is 0 Å². The fourth-order valence-corrected chi connectivity index (χ4v) is 3.47. The third kappa shape index (κ3) is 2.92. The topological polar surface area (TPSA) is 75.4 Å². The standard InChI is InChI=1S/C19H23N3O3/c1-13(2)19(18(24)25)9-10-21(12-19)17(23)16-11-14(3)22(20-16)15-7-5-4-6-8-15/h4-8,11,13H,9-10,12H2,1-3H3,(H,24,25). The Labute approximate surface area is 147 Å². The molecular weight excluding hydrogens is 318 g/mol. The van der Waals surface area contributed by atoms with Gasteiger partial charge in [0, 0.05) is 18.8 Å². The molecule has 132 valence electrons. The summed E-state index contributed by atoms with van der Waals surface area (Å²) in [4.78, 5) is 26.2.